The molecule has 1 aliphatic rings. The van der Waals surface area contributed by atoms with Crippen molar-refractivity contribution >= 4 is 11.3 Å². The molecule has 0 amide bonds. The Kier molecular flexibility index (Phi) is 4.57. The van der Waals surface area contributed by atoms with E-state index in [-0.39, 0.29) is 0 Å². The van der Waals surface area contributed by atoms with E-state index in [0.29, 0.717) is 5.92 Å². The molecule has 96 valence electrons. The lowest BCUT2D eigenvalue weighted by molar-refractivity contribution is 0.441. The van der Waals surface area contributed by atoms with Crippen LogP contribution >= 0.6 is 11.3 Å². The molecule has 2 rings (SSSR count). The summed E-state index contributed by atoms with van der Waals surface area (Å²) >= 11 is 1.95. The van der Waals surface area contributed by atoms with Gasteiger partial charge in [0.1, 0.15) is 0 Å². The summed E-state index contributed by atoms with van der Waals surface area (Å²) in [5.41, 5.74) is 1.32. The van der Waals surface area contributed by atoms with Gasteiger partial charge in [0.05, 0.1) is 10.7 Å². The normalized spacial score (nSPS) is 17.9. The zero-order valence-corrected chi connectivity index (χ0v) is 12.1. The Hall–Kier alpha value is -0.410. The molecule has 1 aliphatic carbocycles. The second-order valence-electron chi connectivity index (χ2n) is 5.38. The topological polar surface area (TPSA) is 24.9 Å². The van der Waals surface area contributed by atoms with Crippen LogP contribution in [0.2, 0.25) is 0 Å². The summed E-state index contributed by atoms with van der Waals surface area (Å²) in [6.07, 6.45) is 6.90. The van der Waals surface area contributed by atoms with Crippen molar-refractivity contribution in [2.75, 3.05) is 7.05 Å². The van der Waals surface area contributed by atoms with Crippen LogP contribution in [-0.4, -0.2) is 12.0 Å². The van der Waals surface area contributed by atoms with Gasteiger partial charge < -0.3 is 5.32 Å². The van der Waals surface area contributed by atoms with Crippen LogP contribution in [-0.2, 0) is 6.54 Å². The van der Waals surface area contributed by atoms with Crippen LogP contribution in [0.1, 0.15) is 73.4 Å². The van der Waals surface area contributed by atoms with Gasteiger partial charge in [-0.3, -0.25) is 0 Å². The van der Waals surface area contributed by atoms with E-state index in [1.807, 2.05) is 18.4 Å². The van der Waals surface area contributed by atoms with Gasteiger partial charge >= 0.3 is 0 Å². The van der Waals surface area contributed by atoms with E-state index in [1.165, 1.54) is 47.7 Å². The van der Waals surface area contributed by atoms with Gasteiger partial charge in [-0.25, -0.2) is 4.98 Å². The van der Waals surface area contributed by atoms with Crippen LogP contribution in [0.4, 0.5) is 0 Å². The average molecular weight is 252 g/mol. The zero-order valence-electron chi connectivity index (χ0n) is 11.3. The molecular formula is C14H24N2S. The minimum absolute atomic E-state index is 0.548. The smallest absolute Gasteiger partial charge is 0.0962 e. The Bertz CT molecular complexity index is 351. The van der Waals surface area contributed by atoms with Crippen LogP contribution in [0.3, 0.4) is 0 Å². The van der Waals surface area contributed by atoms with Gasteiger partial charge in [0, 0.05) is 17.3 Å². The molecule has 1 aromatic heterocycles. The molecule has 1 heterocycles. The lowest BCUT2D eigenvalue weighted by atomic mass is 9.90. The SMILES string of the molecule is CNCc1sc(C2CCCCC2)nc1C(C)C. The maximum atomic E-state index is 4.93. The maximum absolute atomic E-state index is 4.93. The molecular weight excluding hydrogens is 228 g/mol. The third-order valence-electron chi connectivity index (χ3n) is 3.58. The van der Waals surface area contributed by atoms with Crippen molar-refractivity contribution in [3.63, 3.8) is 0 Å². The van der Waals surface area contributed by atoms with Gasteiger partial charge in [-0.1, -0.05) is 33.1 Å². The number of nitrogens with zero attached hydrogens (tertiary/aromatic N) is 1. The fourth-order valence-electron chi connectivity index (χ4n) is 2.64. The van der Waals surface area contributed by atoms with Crippen molar-refractivity contribution in [2.24, 2.45) is 0 Å². The Morgan fingerprint density at radius 2 is 2.00 bits per heavy atom. The molecule has 1 N–H and O–H groups in total. The van der Waals surface area contributed by atoms with Crippen molar-refractivity contribution in [2.45, 2.75) is 64.3 Å². The summed E-state index contributed by atoms with van der Waals surface area (Å²) in [6, 6.07) is 0. The first kappa shape index (κ1) is 13.0. The molecule has 0 bridgehead atoms. The Morgan fingerprint density at radius 3 is 2.59 bits per heavy atom. The van der Waals surface area contributed by atoms with Crippen LogP contribution in [0.5, 0.6) is 0 Å². The van der Waals surface area contributed by atoms with Gasteiger partial charge in [0.15, 0.2) is 0 Å². The van der Waals surface area contributed by atoms with Crippen LogP contribution in [0, 0.1) is 0 Å². The molecule has 0 aliphatic heterocycles. The monoisotopic (exact) mass is 252 g/mol. The highest BCUT2D eigenvalue weighted by Gasteiger charge is 2.21. The van der Waals surface area contributed by atoms with Crippen LogP contribution < -0.4 is 5.32 Å². The highest BCUT2D eigenvalue weighted by atomic mass is 32.1. The van der Waals surface area contributed by atoms with Crippen molar-refractivity contribution in [3.05, 3.63) is 15.6 Å². The number of hydrogen-bond acceptors (Lipinski definition) is 3. The average Bonchev–Trinajstić information content (AvgIpc) is 2.75. The van der Waals surface area contributed by atoms with Gasteiger partial charge in [-0.05, 0) is 25.8 Å². The van der Waals surface area contributed by atoms with Gasteiger partial charge in [-0.2, -0.15) is 0 Å². The lowest BCUT2D eigenvalue weighted by Gasteiger charge is -2.19. The summed E-state index contributed by atoms with van der Waals surface area (Å²) < 4.78 is 0. The molecule has 0 unspecified atom stereocenters. The fraction of sp³-hybridized carbons (Fsp3) is 0.786. The Morgan fingerprint density at radius 1 is 1.29 bits per heavy atom. The number of aromatic nitrogens is 1. The van der Waals surface area contributed by atoms with E-state index in [1.54, 1.807) is 0 Å². The highest BCUT2D eigenvalue weighted by Crippen LogP contribution is 2.37. The molecule has 17 heavy (non-hydrogen) atoms. The molecule has 0 radical (unpaired) electrons. The molecule has 3 heteroatoms. The predicted molar refractivity (Wildman–Crippen MR) is 74.8 cm³/mol. The Balaban J connectivity index is 2.19. The van der Waals surface area contributed by atoms with Crippen molar-refractivity contribution in [1.82, 2.24) is 10.3 Å². The Labute approximate surface area is 109 Å². The zero-order chi connectivity index (χ0) is 12.3. The van der Waals surface area contributed by atoms with E-state index < -0.39 is 0 Å². The fourth-order valence-corrected chi connectivity index (χ4v) is 4.05. The standard InChI is InChI=1S/C14H24N2S/c1-10(2)13-12(9-15-3)17-14(16-13)11-7-5-4-6-8-11/h10-11,15H,4-9H2,1-3H3. The molecule has 2 nitrogen and oxygen atoms in total. The first-order valence-electron chi connectivity index (χ1n) is 6.86. The number of nitrogens with one attached hydrogen (secondary N) is 1. The summed E-state index contributed by atoms with van der Waals surface area (Å²) in [4.78, 5) is 6.38. The molecule has 1 fully saturated rings. The first-order chi connectivity index (χ1) is 8.22. The molecule has 1 aromatic rings. The number of hydrogen-bond donors (Lipinski definition) is 1. The maximum Gasteiger partial charge on any atom is 0.0962 e. The largest absolute Gasteiger partial charge is 0.315 e. The molecule has 1 saturated carbocycles. The minimum Gasteiger partial charge on any atom is -0.315 e. The lowest BCUT2D eigenvalue weighted by Crippen LogP contribution is -2.06. The van der Waals surface area contributed by atoms with Crippen molar-refractivity contribution in [1.29, 1.82) is 0 Å². The van der Waals surface area contributed by atoms with E-state index in [2.05, 4.69) is 19.2 Å². The summed E-state index contributed by atoms with van der Waals surface area (Å²) in [5, 5.41) is 4.67. The number of thiazole rings is 1. The van der Waals surface area contributed by atoms with E-state index in [9.17, 15) is 0 Å². The van der Waals surface area contributed by atoms with E-state index in [0.717, 1.165) is 12.5 Å². The second kappa shape index (κ2) is 5.96. The van der Waals surface area contributed by atoms with Crippen molar-refractivity contribution < 1.29 is 0 Å². The first-order valence-corrected chi connectivity index (χ1v) is 7.68. The van der Waals surface area contributed by atoms with Crippen molar-refractivity contribution in [3.8, 4) is 0 Å². The minimum atomic E-state index is 0.548. The molecule has 0 aromatic carbocycles. The third-order valence-corrected chi connectivity index (χ3v) is 4.82. The molecule has 0 saturated heterocycles. The second-order valence-corrected chi connectivity index (χ2v) is 6.50. The van der Waals surface area contributed by atoms with Gasteiger partial charge in [0.2, 0.25) is 0 Å². The molecule has 0 spiro atoms. The quantitative estimate of drug-likeness (QED) is 0.875. The summed E-state index contributed by atoms with van der Waals surface area (Å²) in [7, 11) is 2.02. The highest BCUT2D eigenvalue weighted by molar-refractivity contribution is 7.11. The third kappa shape index (κ3) is 3.08. The predicted octanol–water partition coefficient (Wildman–Crippen LogP) is 4.03. The van der Waals surface area contributed by atoms with E-state index in [4.69, 9.17) is 4.98 Å². The summed E-state index contributed by atoms with van der Waals surface area (Å²) in [5.74, 6) is 1.30. The van der Waals surface area contributed by atoms with Gasteiger partial charge in [0.25, 0.3) is 0 Å². The van der Waals surface area contributed by atoms with Crippen LogP contribution in [0.25, 0.3) is 0 Å². The molecule has 0 atom stereocenters. The number of rotatable bonds is 4. The summed E-state index contributed by atoms with van der Waals surface area (Å²) in [6.45, 7) is 5.47. The van der Waals surface area contributed by atoms with E-state index >= 15 is 0 Å². The van der Waals surface area contributed by atoms with Crippen LogP contribution in [0.15, 0.2) is 0 Å². The van der Waals surface area contributed by atoms with Gasteiger partial charge in [-0.15, -0.1) is 11.3 Å².